The molecule has 0 spiro atoms. The summed E-state index contributed by atoms with van der Waals surface area (Å²) in [6, 6.07) is 7.76. The Kier molecular flexibility index (Phi) is 3.46. The van der Waals surface area contributed by atoms with Gasteiger partial charge in [-0.25, -0.2) is 4.39 Å². The van der Waals surface area contributed by atoms with Crippen molar-refractivity contribution in [3.63, 3.8) is 0 Å². The Morgan fingerprint density at radius 2 is 2.17 bits per heavy atom. The summed E-state index contributed by atoms with van der Waals surface area (Å²) in [5.41, 5.74) is 1.27. The van der Waals surface area contributed by atoms with Gasteiger partial charge >= 0.3 is 0 Å². The first-order valence-corrected chi connectivity index (χ1v) is 5.61. The summed E-state index contributed by atoms with van der Waals surface area (Å²) in [6.45, 7) is 1.69. The van der Waals surface area contributed by atoms with Crippen molar-refractivity contribution in [3.8, 4) is 5.75 Å². The minimum absolute atomic E-state index is 0.0513. The first-order chi connectivity index (χ1) is 8.58. The second-order valence-electron chi connectivity index (χ2n) is 4.13. The molecule has 0 aliphatic rings. The third-order valence-electron chi connectivity index (χ3n) is 2.73. The van der Waals surface area contributed by atoms with E-state index in [1.807, 2.05) is 0 Å². The van der Waals surface area contributed by atoms with Crippen LogP contribution in [0.3, 0.4) is 0 Å². The summed E-state index contributed by atoms with van der Waals surface area (Å²) in [5.74, 6) is 0.110. The fraction of sp³-hybridized carbons (Fsp3) is 0.214. The van der Waals surface area contributed by atoms with Crippen LogP contribution in [0.2, 0.25) is 0 Å². The minimum atomic E-state index is -0.311. The second kappa shape index (κ2) is 5.04. The molecule has 0 N–H and O–H groups in total. The first kappa shape index (κ1) is 12.4. The molecule has 0 atom stereocenters. The van der Waals surface area contributed by atoms with Gasteiger partial charge in [0.05, 0.1) is 5.69 Å². The Bertz CT molecular complexity index is 575. The molecule has 2 rings (SSSR count). The molecule has 0 aliphatic carbocycles. The van der Waals surface area contributed by atoms with Crippen molar-refractivity contribution in [1.82, 2.24) is 4.57 Å². The largest absolute Gasteiger partial charge is 0.485 e. The Hall–Kier alpha value is -2.10. The van der Waals surface area contributed by atoms with Gasteiger partial charge in [-0.15, -0.1) is 0 Å². The lowest BCUT2D eigenvalue weighted by molar-refractivity contribution is 0.0913. The standard InChI is InChI=1S/C14H14FNO2/c1-10-8-11(15)5-6-14(10)18-9-13(17)12-4-3-7-16(12)2/h3-8H,9H2,1-2H3. The molecule has 0 radical (unpaired) electrons. The van der Waals surface area contributed by atoms with Gasteiger partial charge in [0.15, 0.2) is 6.61 Å². The molecule has 94 valence electrons. The van der Waals surface area contributed by atoms with Crippen LogP contribution < -0.4 is 4.74 Å². The smallest absolute Gasteiger partial charge is 0.216 e. The van der Waals surface area contributed by atoms with Crippen LogP contribution in [0.1, 0.15) is 16.1 Å². The van der Waals surface area contributed by atoms with E-state index in [2.05, 4.69) is 0 Å². The van der Waals surface area contributed by atoms with E-state index in [0.29, 0.717) is 17.0 Å². The Morgan fingerprint density at radius 3 is 2.78 bits per heavy atom. The number of benzene rings is 1. The lowest BCUT2D eigenvalue weighted by Gasteiger charge is -2.08. The third-order valence-corrected chi connectivity index (χ3v) is 2.73. The fourth-order valence-electron chi connectivity index (χ4n) is 1.74. The topological polar surface area (TPSA) is 31.2 Å². The number of nitrogens with zero attached hydrogens (tertiary/aromatic N) is 1. The number of hydrogen-bond donors (Lipinski definition) is 0. The fourth-order valence-corrected chi connectivity index (χ4v) is 1.74. The molecule has 1 aromatic carbocycles. The van der Waals surface area contributed by atoms with E-state index in [1.54, 1.807) is 36.9 Å². The van der Waals surface area contributed by atoms with Gasteiger partial charge in [0, 0.05) is 13.2 Å². The summed E-state index contributed by atoms with van der Waals surface area (Å²) in [4.78, 5) is 11.9. The molecule has 1 aromatic heterocycles. The number of carbonyl (C=O) groups excluding carboxylic acids is 1. The number of aromatic nitrogens is 1. The molecule has 4 heteroatoms. The monoisotopic (exact) mass is 247 g/mol. The summed E-state index contributed by atoms with van der Waals surface area (Å²) < 4.78 is 20.0. The minimum Gasteiger partial charge on any atom is -0.485 e. The van der Waals surface area contributed by atoms with Crippen molar-refractivity contribution >= 4 is 5.78 Å². The number of rotatable bonds is 4. The summed E-state index contributed by atoms with van der Waals surface area (Å²) in [6.07, 6.45) is 1.80. The highest BCUT2D eigenvalue weighted by Gasteiger charge is 2.10. The van der Waals surface area contributed by atoms with Crippen molar-refractivity contribution in [3.05, 3.63) is 53.6 Å². The average molecular weight is 247 g/mol. The van der Waals surface area contributed by atoms with E-state index in [1.165, 1.54) is 18.2 Å². The maximum atomic E-state index is 12.9. The van der Waals surface area contributed by atoms with E-state index in [0.717, 1.165) is 0 Å². The third kappa shape index (κ3) is 2.59. The van der Waals surface area contributed by atoms with Gasteiger partial charge in [0.1, 0.15) is 11.6 Å². The van der Waals surface area contributed by atoms with Crippen LogP contribution in [0.4, 0.5) is 4.39 Å². The van der Waals surface area contributed by atoms with Crippen LogP contribution in [0.5, 0.6) is 5.75 Å². The zero-order chi connectivity index (χ0) is 13.1. The van der Waals surface area contributed by atoms with Crippen molar-refractivity contribution < 1.29 is 13.9 Å². The summed E-state index contributed by atoms with van der Waals surface area (Å²) in [7, 11) is 1.80. The van der Waals surface area contributed by atoms with E-state index in [-0.39, 0.29) is 18.2 Å². The van der Waals surface area contributed by atoms with Crippen LogP contribution in [0, 0.1) is 12.7 Å². The van der Waals surface area contributed by atoms with Gasteiger partial charge < -0.3 is 9.30 Å². The number of ketones is 1. The highest BCUT2D eigenvalue weighted by molar-refractivity contribution is 5.95. The van der Waals surface area contributed by atoms with Crippen LogP contribution in [0.25, 0.3) is 0 Å². The quantitative estimate of drug-likeness (QED) is 0.778. The van der Waals surface area contributed by atoms with Gasteiger partial charge in [-0.2, -0.15) is 0 Å². The Morgan fingerprint density at radius 1 is 1.39 bits per heavy atom. The molecule has 2 aromatic rings. The number of hydrogen-bond acceptors (Lipinski definition) is 2. The number of Topliss-reactive ketones (excluding diaryl/α,β-unsaturated/α-hetero) is 1. The summed E-state index contributed by atoms with van der Waals surface area (Å²) in [5, 5.41) is 0. The second-order valence-corrected chi connectivity index (χ2v) is 4.13. The van der Waals surface area contributed by atoms with E-state index >= 15 is 0 Å². The molecule has 0 saturated heterocycles. The molecular formula is C14H14FNO2. The van der Waals surface area contributed by atoms with E-state index in [4.69, 9.17) is 4.74 Å². The molecule has 0 bridgehead atoms. The van der Waals surface area contributed by atoms with Gasteiger partial charge in [0.25, 0.3) is 0 Å². The molecular weight excluding hydrogens is 233 g/mol. The van der Waals surface area contributed by atoms with Crippen molar-refractivity contribution in [2.24, 2.45) is 7.05 Å². The highest BCUT2D eigenvalue weighted by atomic mass is 19.1. The molecule has 0 amide bonds. The highest BCUT2D eigenvalue weighted by Crippen LogP contribution is 2.18. The van der Waals surface area contributed by atoms with Gasteiger partial charge in [0.2, 0.25) is 5.78 Å². The molecule has 3 nitrogen and oxygen atoms in total. The van der Waals surface area contributed by atoms with Crippen molar-refractivity contribution in [1.29, 1.82) is 0 Å². The van der Waals surface area contributed by atoms with E-state index in [9.17, 15) is 9.18 Å². The molecule has 18 heavy (non-hydrogen) atoms. The normalized spacial score (nSPS) is 10.4. The van der Waals surface area contributed by atoms with Crippen molar-refractivity contribution in [2.75, 3.05) is 6.61 Å². The molecule has 0 unspecified atom stereocenters. The zero-order valence-corrected chi connectivity index (χ0v) is 10.3. The van der Waals surface area contributed by atoms with E-state index < -0.39 is 0 Å². The van der Waals surface area contributed by atoms with Crippen LogP contribution in [-0.2, 0) is 7.05 Å². The molecule has 0 fully saturated rings. The Balaban J connectivity index is 2.04. The zero-order valence-electron chi connectivity index (χ0n) is 10.3. The van der Waals surface area contributed by atoms with Gasteiger partial charge in [-0.3, -0.25) is 4.79 Å². The maximum Gasteiger partial charge on any atom is 0.216 e. The molecule has 0 saturated carbocycles. The number of halogens is 1. The first-order valence-electron chi connectivity index (χ1n) is 5.61. The van der Waals surface area contributed by atoms with Crippen molar-refractivity contribution in [2.45, 2.75) is 6.92 Å². The number of carbonyl (C=O) groups is 1. The maximum absolute atomic E-state index is 12.9. The molecule has 1 heterocycles. The lowest BCUT2D eigenvalue weighted by Crippen LogP contribution is -2.15. The Labute approximate surface area is 105 Å². The number of ether oxygens (including phenoxy) is 1. The lowest BCUT2D eigenvalue weighted by atomic mass is 10.2. The van der Waals surface area contributed by atoms with Crippen LogP contribution in [-0.4, -0.2) is 17.0 Å². The summed E-state index contributed by atoms with van der Waals surface area (Å²) >= 11 is 0. The van der Waals surface area contributed by atoms with Crippen LogP contribution in [0.15, 0.2) is 36.5 Å². The number of aryl methyl sites for hydroxylation is 2. The predicted octanol–water partition coefficient (Wildman–Crippen LogP) is 2.73. The van der Waals surface area contributed by atoms with Crippen LogP contribution >= 0.6 is 0 Å². The van der Waals surface area contributed by atoms with Gasteiger partial charge in [-0.1, -0.05) is 0 Å². The average Bonchev–Trinajstić information content (AvgIpc) is 2.74. The molecule has 0 aliphatic heterocycles. The predicted molar refractivity (Wildman–Crippen MR) is 66.4 cm³/mol. The van der Waals surface area contributed by atoms with Gasteiger partial charge in [-0.05, 0) is 42.8 Å². The SMILES string of the molecule is Cc1cc(F)ccc1OCC(=O)c1cccn1C.